The third kappa shape index (κ3) is 4.80. The molecule has 2 saturated heterocycles. The largest absolute Gasteiger partial charge is 0.356 e. The highest BCUT2D eigenvalue weighted by molar-refractivity contribution is 5.50. The zero-order valence-electron chi connectivity index (χ0n) is 16.3. The van der Waals surface area contributed by atoms with Gasteiger partial charge in [-0.15, -0.1) is 0 Å². The summed E-state index contributed by atoms with van der Waals surface area (Å²) in [5.74, 6) is -0.991. The van der Waals surface area contributed by atoms with Gasteiger partial charge in [-0.2, -0.15) is 5.26 Å². The van der Waals surface area contributed by atoms with Crippen LogP contribution in [0.4, 0.5) is 20.4 Å². The molecule has 0 aliphatic carbocycles. The van der Waals surface area contributed by atoms with Gasteiger partial charge < -0.3 is 9.80 Å². The van der Waals surface area contributed by atoms with Crippen molar-refractivity contribution in [2.24, 2.45) is 0 Å². The summed E-state index contributed by atoms with van der Waals surface area (Å²) < 4.78 is 26.8. The second-order valence-corrected chi connectivity index (χ2v) is 7.65. The average molecular weight is 398 g/mol. The predicted molar refractivity (Wildman–Crippen MR) is 107 cm³/mol. The fourth-order valence-electron chi connectivity index (χ4n) is 3.88. The molecular weight excluding hydrogens is 374 g/mol. The molecule has 0 radical (unpaired) electrons. The van der Waals surface area contributed by atoms with E-state index in [1.807, 2.05) is 35.2 Å². The average Bonchev–Trinajstić information content (AvgIpc) is 2.74. The van der Waals surface area contributed by atoms with Crippen molar-refractivity contribution in [1.29, 1.82) is 5.26 Å². The Hall–Kier alpha value is -2.79. The van der Waals surface area contributed by atoms with Crippen LogP contribution in [0.2, 0.25) is 0 Å². The molecule has 3 heterocycles. The molecule has 1 aromatic carbocycles. The Morgan fingerprint density at radius 1 is 0.931 bits per heavy atom. The highest BCUT2D eigenvalue weighted by atomic mass is 19.3. The minimum absolute atomic E-state index is 0.127. The molecular formula is C21H24F2N6. The van der Waals surface area contributed by atoms with Crippen LogP contribution in [0.3, 0.4) is 0 Å². The van der Waals surface area contributed by atoms with E-state index in [1.54, 1.807) is 0 Å². The lowest BCUT2D eigenvalue weighted by atomic mass is 10.1. The lowest BCUT2D eigenvalue weighted by molar-refractivity contribution is -0.0221. The first kappa shape index (κ1) is 19.5. The topological polar surface area (TPSA) is 59.3 Å². The number of aromatic nitrogens is 2. The molecule has 0 saturated carbocycles. The zero-order valence-corrected chi connectivity index (χ0v) is 16.3. The minimum Gasteiger partial charge on any atom is -0.356 e. The molecule has 2 fully saturated rings. The molecule has 6 nitrogen and oxygen atoms in total. The monoisotopic (exact) mass is 398 g/mol. The molecule has 2 aromatic rings. The van der Waals surface area contributed by atoms with Gasteiger partial charge in [0.05, 0.1) is 11.6 Å². The number of nitriles is 1. The van der Waals surface area contributed by atoms with Gasteiger partial charge in [0, 0.05) is 64.7 Å². The molecule has 2 aliphatic rings. The van der Waals surface area contributed by atoms with Gasteiger partial charge in [-0.05, 0) is 17.7 Å². The number of alkyl halides is 2. The molecule has 29 heavy (non-hydrogen) atoms. The fourth-order valence-corrected chi connectivity index (χ4v) is 3.88. The summed E-state index contributed by atoms with van der Waals surface area (Å²) in [6.07, 6.45) is 1.27. The first-order valence-electron chi connectivity index (χ1n) is 9.94. The zero-order chi connectivity index (χ0) is 20.3. The number of halogens is 2. The summed E-state index contributed by atoms with van der Waals surface area (Å²) in [7, 11) is 0. The third-order valence-corrected chi connectivity index (χ3v) is 5.62. The minimum atomic E-state index is -2.56. The van der Waals surface area contributed by atoms with Crippen molar-refractivity contribution in [3.8, 4) is 6.07 Å². The van der Waals surface area contributed by atoms with Crippen molar-refractivity contribution < 1.29 is 8.78 Å². The predicted octanol–water partition coefficient (Wildman–Crippen LogP) is 2.91. The van der Waals surface area contributed by atoms with E-state index in [4.69, 9.17) is 5.26 Å². The Balaban J connectivity index is 1.34. The van der Waals surface area contributed by atoms with E-state index in [0.717, 1.165) is 49.9 Å². The van der Waals surface area contributed by atoms with Crippen LogP contribution in [0.5, 0.6) is 0 Å². The Kier molecular flexibility index (Phi) is 5.58. The van der Waals surface area contributed by atoms with Gasteiger partial charge in [-0.3, -0.25) is 4.90 Å². The van der Waals surface area contributed by atoms with Gasteiger partial charge in [0.1, 0.15) is 18.0 Å². The van der Waals surface area contributed by atoms with E-state index in [1.165, 1.54) is 6.33 Å². The van der Waals surface area contributed by atoms with E-state index in [0.29, 0.717) is 18.7 Å². The Morgan fingerprint density at radius 2 is 1.59 bits per heavy atom. The molecule has 0 unspecified atom stereocenters. The number of piperidine rings is 1. The summed E-state index contributed by atoms with van der Waals surface area (Å²) in [6, 6.07) is 11.8. The van der Waals surface area contributed by atoms with Crippen LogP contribution < -0.4 is 9.80 Å². The first-order valence-corrected chi connectivity index (χ1v) is 9.94. The number of piperazine rings is 1. The third-order valence-electron chi connectivity index (χ3n) is 5.62. The van der Waals surface area contributed by atoms with Crippen LogP contribution in [0.1, 0.15) is 24.0 Å². The molecule has 2 aliphatic heterocycles. The first-order chi connectivity index (χ1) is 14.0. The highest BCUT2D eigenvalue weighted by Gasteiger charge is 2.34. The number of anilines is 2. The van der Waals surface area contributed by atoms with E-state index in [-0.39, 0.29) is 12.8 Å². The number of rotatable bonds is 4. The number of hydrogen-bond donors (Lipinski definition) is 0. The summed E-state index contributed by atoms with van der Waals surface area (Å²) in [4.78, 5) is 15.2. The molecule has 8 heteroatoms. The van der Waals surface area contributed by atoms with Crippen molar-refractivity contribution in [1.82, 2.24) is 14.9 Å². The Morgan fingerprint density at radius 3 is 2.24 bits per heavy atom. The van der Waals surface area contributed by atoms with Gasteiger partial charge in [0.15, 0.2) is 0 Å². The van der Waals surface area contributed by atoms with Crippen LogP contribution in [0.25, 0.3) is 0 Å². The SMILES string of the molecule is N#Cc1cccc(CN2CCN(c3cc(N4CCC(F)(F)CC4)ncn3)CC2)c1. The second kappa shape index (κ2) is 8.29. The molecule has 0 spiro atoms. The van der Waals surface area contributed by atoms with Gasteiger partial charge in [-0.25, -0.2) is 18.7 Å². The maximum absolute atomic E-state index is 13.4. The van der Waals surface area contributed by atoms with Crippen LogP contribution in [0.15, 0.2) is 36.7 Å². The van der Waals surface area contributed by atoms with E-state index in [2.05, 4.69) is 25.8 Å². The van der Waals surface area contributed by atoms with E-state index in [9.17, 15) is 8.78 Å². The normalized spacial score (nSPS) is 19.8. The molecule has 4 rings (SSSR count). The van der Waals surface area contributed by atoms with Crippen LogP contribution in [-0.4, -0.2) is 60.1 Å². The number of hydrogen-bond acceptors (Lipinski definition) is 6. The van der Waals surface area contributed by atoms with E-state index < -0.39 is 5.92 Å². The highest BCUT2D eigenvalue weighted by Crippen LogP contribution is 2.30. The van der Waals surface area contributed by atoms with Crippen molar-refractivity contribution in [3.05, 3.63) is 47.8 Å². The number of nitrogens with zero attached hydrogens (tertiary/aromatic N) is 6. The lowest BCUT2D eigenvalue weighted by Crippen LogP contribution is -2.46. The summed E-state index contributed by atoms with van der Waals surface area (Å²) in [6.45, 7) is 4.93. The summed E-state index contributed by atoms with van der Waals surface area (Å²) in [5.41, 5.74) is 1.83. The molecule has 0 N–H and O–H groups in total. The summed E-state index contributed by atoms with van der Waals surface area (Å²) in [5, 5.41) is 9.05. The van der Waals surface area contributed by atoms with Gasteiger partial charge in [0.2, 0.25) is 0 Å². The quantitative estimate of drug-likeness (QED) is 0.789. The number of benzene rings is 1. The fraction of sp³-hybridized carbons (Fsp3) is 0.476. The smallest absolute Gasteiger partial charge is 0.251 e. The van der Waals surface area contributed by atoms with Gasteiger partial charge in [0.25, 0.3) is 5.92 Å². The molecule has 1 aromatic heterocycles. The van der Waals surface area contributed by atoms with Crippen molar-refractivity contribution >= 4 is 11.6 Å². The van der Waals surface area contributed by atoms with Crippen LogP contribution in [-0.2, 0) is 6.54 Å². The maximum Gasteiger partial charge on any atom is 0.251 e. The van der Waals surface area contributed by atoms with Crippen molar-refractivity contribution in [3.63, 3.8) is 0 Å². The lowest BCUT2D eigenvalue weighted by Gasteiger charge is -2.36. The van der Waals surface area contributed by atoms with Gasteiger partial charge in [-0.1, -0.05) is 12.1 Å². The standard InChI is InChI=1S/C21H24F2N6/c22-21(23)4-6-28(7-5-21)19-13-20(26-16-25-19)29-10-8-27(9-11-29)15-18-3-1-2-17(12-18)14-24/h1-3,12-13,16H,4-11,15H2. The molecule has 152 valence electrons. The molecule has 0 amide bonds. The summed E-state index contributed by atoms with van der Waals surface area (Å²) >= 11 is 0. The Bertz CT molecular complexity index is 879. The van der Waals surface area contributed by atoms with Crippen LogP contribution in [0, 0.1) is 11.3 Å². The van der Waals surface area contributed by atoms with Gasteiger partial charge >= 0.3 is 0 Å². The van der Waals surface area contributed by atoms with Crippen LogP contribution >= 0.6 is 0 Å². The Labute approximate surface area is 169 Å². The van der Waals surface area contributed by atoms with Crippen molar-refractivity contribution in [2.75, 3.05) is 49.1 Å². The molecule has 0 atom stereocenters. The second-order valence-electron chi connectivity index (χ2n) is 7.65. The van der Waals surface area contributed by atoms with E-state index >= 15 is 0 Å². The maximum atomic E-state index is 13.4. The van der Waals surface area contributed by atoms with Crippen molar-refractivity contribution in [2.45, 2.75) is 25.3 Å². The molecule has 0 bridgehead atoms.